The highest BCUT2D eigenvalue weighted by Gasteiger charge is 2.14. The molecule has 0 heterocycles. The molecule has 2 aromatic carbocycles. The van der Waals surface area contributed by atoms with Crippen LogP contribution in [0, 0.1) is 0 Å². The molecule has 0 heteroatoms. The summed E-state index contributed by atoms with van der Waals surface area (Å²) in [5.74, 6) is 0. The van der Waals surface area contributed by atoms with Crippen molar-refractivity contribution in [2.24, 2.45) is 0 Å². The van der Waals surface area contributed by atoms with Gasteiger partial charge in [0, 0.05) is 0 Å². The van der Waals surface area contributed by atoms with E-state index < -0.39 is 0 Å². The van der Waals surface area contributed by atoms with Gasteiger partial charge in [-0.1, -0.05) is 61.7 Å². The van der Waals surface area contributed by atoms with E-state index in [0.29, 0.717) is 0 Å². The van der Waals surface area contributed by atoms with Gasteiger partial charge in [-0.05, 0) is 59.1 Å². The quantitative estimate of drug-likeness (QED) is 0.723. The van der Waals surface area contributed by atoms with Crippen molar-refractivity contribution in [3.63, 3.8) is 0 Å². The summed E-state index contributed by atoms with van der Waals surface area (Å²) in [5.41, 5.74) is 8.63. The first-order valence-corrected chi connectivity index (χ1v) is 7.29. The Balaban J connectivity index is 0.000000121. The summed E-state index contributed by atoms with van der Waals surface area (Å²) in [5, 5.41) is 0. The van der Waals surface area contributed by atoms with Crippen molar-refractivity contribution in [3.05, 3.63) is 82.9 Å². The van der Waals surface area contributed by atoms with E-state index in [2.05, 4.69) is 49.6 Å². The zero-order chi connectivity index (χ0) is 13.9. The van der Waals surface area contributed by atoms with Gasteiger partial charge in [-0.15, -0.1) is 0 Å². The zero-order valence-electron chi connectivity index (χ0n) is 11.9. The molecule has 0 radical (unpaired) electrons. The Morgan fingerprint density at radius 2 is 1.55 bits per heavy atom. The van der Waals surface area contributed by atoms with Crippen molar-refractivity contribution in [2.75, 3.05) is 0 Å². The normalized spacial score (nSPS) is 13.6. The van der Waals surface area contributed by atoms with E-state index in [9.17, 15) is 0 Å². The van der Waals surface area contributed by atoms with Crippen LogP contribution in [-0.4, -0.2) is 0 Å². The molecule has 0 aliphatic heterocycles. The molecule has 2 aromatic rings. The Labute approximate surface area is 121 Å². The highest BCUT2D eigenvalue weighted by molar-refractivity contribution is 5.57. The Bertz CT molecular complexity index is 662. The van der Waals surface area contributed by atoms with E-state index in [0.717, 1.165) is 0 Å². The largest absolute Gasteiger partial charge is 0.0985 e. The molecule has 20 heavy (non-hydrogen) atoms. The van der Waals surface area contributed by atoms with Gasteiger partial charge in [-0.3, -0.25) is 0 Å². The van der Waals surface area contributed by atoms with Crippen molar-refractivity contribution in [3.8, 4) is 0 Å². The van der Waals surface area contributed by atoms with E-state index in [1.165, 1.54) is 59.1 Å². The van der Waals surface area contributed by atoms with Gasteiger partial charge in [0.05, 0.1) is 0 Å². The lowest BCUT2D eigenvalue weighted by atomic mass is 9.85. The smallest absolute Gasteiger partial charge is 0.0228 e. The molecule has 0 N–H and O–H groups in total. The molecular weight excluding hydrogens is 240 g/mol. The van der Waals surface area contributed by atoms with Crippen LogP contribution in [0.5, 0.6) is 0 Å². The van der Waals surface area contributed by atoms with E-state index in [1.54, 1.807) is 0 Å². The predicted octanol–water partition coefficient (Wildman–Crippen LogP) is 4.86. The van der Waals surface area contributed by atoms with Crippen molar-refractivity contribution in [1.29, 1.82) is 0 Å². The van der Waals surface area contributed by atoms with Crippen LogP contribution in [-0.2, 0) is 25.7 Å². The van der Waals surface area contributed by atoms with E-state index in [-0.39, 0.29) is 0 Å². The van der Waals surface area contributed by atoms with Crippen LogP contribution in [0.25, 0.3) is 12.2 Å². The SMILES string of the molecule is C=Cc1ccc2c(c1)CC2.C=Cc1cccc2c1CC2. The molecular formula is C20H20. The summed E-state index contributed by atoms with van der Waals surface area (Å²) in [6.45, 7) is 7.49. The molecule has 0 aromatic heterocycles. The first kappa shape index (κ1) is 12.9. The highest BCUT2D eigenvalue weighted by Crippen LogP contribution is 2.26. The lowest BCUT2D eigenvalue weighted by Crippen LogP contribution is -2.09. The lowest BCUT2D eigenvalue weighted by Gasteiger charge is -2.20. The zero-order valence-corrected chi connectivity index (χ0v) is 11.9. The van der Waals surface area contributed by atoms with Gasteiger partial charge >= 0.3 is 0 Å². The third-order valence-corrected chi connectivity index (χ3v) is 4.30. The molecule has 0 bridgehead atoms. The van der Waals surface area contributed by atoms with Crippen LogP contribution < -0.4 is 0 Å². The van der Waals surface area contributed by atoms with Gasteiger partial charge in [0.2, 0.25) is 0 Å². The van der Waals surface area contributed by atoms with Crippen LogP contribution in [0.4, 0.5) is 0 Å². The minimum absolute atomic E-state index is 1.25. The average molecular weight is 260 g/mol. The molecule has 4 rings (SSSR count). The minimum Gasteiger partial charge on any atom is -0.0985 e. The molecule has 0 saturated carbocycles. The predicted molar refractivity (Wildman–Crippen MR) is 87.9 cm³/mol. The number of hydrogen-bond acceptors (Lipinski definition) is 0. The van der Waals surface area contributed by atoms with Crippen molar-refractivity contribution in [2.45, 2.75) is 25.7 Å². The fraction of sp³-hybridized carbons (Fsp3) is 0.200. The molecule has 100 valence electrons. The molecule has 0 fully saturated rings. The van der Waals surface area contributed by atoms with Gasteiger partial charge in [0.15, 0.2) is 0 Å². The maximum Gasteiger partial charge on any atom is -0.0228 e. The molecule has 2 aliphatic carbocycles. The van der Waals surface area contributed by atoms with E-state index in [4.69, 9.17) is 0 Å². The van der Waals surface area contributed by atoms with E-state index in [1.807, 2.05) is 12.2 Å². The third-order valence-electron chi connectivity index (χ3n) is 4.30. The standard InChI is InChI=1S/2C10H10/c1-2-8-3-4-9-5-6-10(9)7-8;1-2-8-4-3-5-9-6-7-10(8)9/h2-4,7H,1,5-6H2;2-5H,1,6-7H2. The summed E-state index contributed by atoms with van der Waals surface area (Å²) < 4.78 is 0. The second-order valence-electron chi connectivity index (χ2n) is 5.42. The monoisotopic (exact) mass is 260 g/mol. The summed E-state index contributed by atoms with van der Waals surface area (Å²) in [7, 11) is 0. The summed E-state index contributed by atoms with van der Waals surface area (Å²) in [6.07, 6.45) is 8.88. The molecule has 2 aliphatic rings. The third kappa shape index (κ3) is 2.34. The number of rotatable bonds is 2. The molecule has 0 amide bonds. The van der Waals surface area contributed by atoms with Gasteiger partial charge in [-0.2, -0.15) is 0 Å². The highest BCUT2D eigenvalue weighted by atomic mass is 14.2. The van der Waals surface area contributed by atoms with E-state index >= 15 is 0 Å². The lowest BCUT2D eigenvalue weighted by molar-refractivity contribution is 0.836. The average Bonchev–Trinajstić information content (AvgIpc) is 2.42. The first-order chi connectivity index (χ1) is 9.81. The number of benzene rings is 2. The molecule has 0 atom stereocenters. The van der Waals surface area contributed by atoms with Crippen LogP contribution >= 0.6 is 0 Å². The van der Waals surface area contributed by atoms with Crippen molar-refractivity contribution >= 4 is 12.2 Å². The second-order valence-corrected chi connectivity index (χ2v) is 5.42. The van der Waals surface area contributed by atoms with Gasteiger partial charge in [0.25, 0.3) is 0 Å². The van der Waals surface area contributed by atoms with Gasteiger partial charge in [-0.25, -0.2) is 0 Å². The maximum atomic E-state index is 3.77. The Kier molecular flexibility index (Phi) is 3.56. The first-order valence-electron chi connectivity index (χ1n) is 7.29. The number of hydrogen-bond donors (Lipinski definition) is 0. The molecule has 0 nitrogen and oxygen atoms in total. The van der Waals surface area contributed by atoms with Crippen LogP contribution in [0.3, 0.4) is 0 Å². The summed E-state index contributed by atoms with van der Waals surface area (Å²) >= 11 is 0. The van der Waals surface area contributed by atoms with Gasteiger partial charge in [0.1, 0.15) is 0 Å². The maximum absolute atomic E-state index is 3.77. The fourth-order valence-corrected chi connectivity index (χ4v) is 2.81. The number of fused-ring (bicyclic) bond motifs is 2. The second kappa shape index (κ2) is 5.50. The number of aryl methyl sites for hydroxylation is 3. The Morgan fingerprint density at radius 1 is 0.750 bits per heavy atom. The van der Waals surface area contributed by atoms with Crippen LogP contribution in [0.1, 0.15) is 33.4 Å². The summed E-state index contributed by atoms with van der Waals surface area (Å²) in [6, 6.07) is 13.0. The summed E-state index contributed by atoms with van der Waals surface area (Å²) in [4.78, 5) is 0. The minimum atomic E-state index is 1.25. The Hall–Kier alpha value is -2.08. The molecule has 0 unspecified atom stereocenters. The molecule has 0 saturated heterocycles. The Morgan fingerprint density at radius 3 is 2.05 bits per heavy atom. The van der Waals surface area contributed by atoms with Crippen molar-refractivity contribution < 1.29 is 0 Å². The fourth-order valence-electron chi connectivity index (χ4n) is 2.81. The topological polar surface area (TPSA) is 0 Å². The van der Waals surface area contributed by atoms with Gasteiger partial charge < -0.3 is 0 Å². The van der Waals surface area contributed by atoms with Crippen LogP contribution in [0.2, 0.25) is 0 Å². The van der Waals surface area contributed by atoms with Crippen molar-refractivity contribution in [1.82, 2.24) is 0 Å². The molecule has 0 spiro atoms. The van der Waals surface area contributed by atoms with Crippen LogP contribution in [0.15, 0.2) is 49.6 Å².